The Morgan fingerprint density at radius 2 is 2.00 bits per heavy atom. The molecular formula is C14H20N2O5. The first-order chi connectivity index (χ1) is 9.99. The molecule has 0 radical (unpaired) electrons. The number of carbonyl (C=O) groups is 2. The Hall–Kier alpha value is -2.44. The van der Waals surface area contributed by atoms with E-state index in [0.29, 0.717) is 23.6 Å². The van der Waals surface area contributed by atoms with Gasteiger partial charge >= 0.3 is 12.0 Å². The molecule has 0 aromatic heterocycles. The first-order valence-corrected chi connectivity index (χ1v) is 6.51. The number of carboxylic acids is 1. The van der Waals surface area contributed by atoms with Crippen molar-refractivity contribution in [3.63, 3.8) is 0 Å². The van der Waals surface area contributed by atoms with E-state index in [4.69, 9.17) is 14.6 Å². The van der Waals surface area contributed by atoms with Crippen molar-refractivity contribution in [3.8, 4) is 11.5 Å². The fourth-order valence-corrected chi connectivity index (χ4v) is 1.75. The van der Waals surface area contributed by atoms with Crippen LogP contribution in [0.15, 0.2) is 18.2 Å². The zero-order chi connectivity index (χ0) is 15.8. The summed E-state index contributed by atoms with van der Waals surface area (Å²) in [5, 5.41) is 14.0. The van der Waals surface area contributed by atoms with Gasteiger partial charge in [-0.05, 0) is 18.6 Å². The zero-order valence-electron chi connectivity index (χ0n) is 12.3. The van der Waals surface area contributed by atoms with E-state index in [-0.39, 0.29) is 6.42 Å². The van der Waals surface area contributed by atoms with Crippen molar-refractivity contribution in [2.45, 2.75) is 25.8 Å². The molecule has 0 spiro atoms. The van der Waals surface area contributed by atoms with Gasteiger partial charge in [-0.2, -0.15) is 0 Å². The molecule has 1 atom stereocenters. The lowest BCUT2D eigenvalue weighted by Gasteiger charge is -2.17. The Balaban J connectivity index is 2.71. The highest BCUT2D eigenvalue weighted by molar-refractivity contribution is 5.91. The third-order valence-electron chi connectivity index (χ3n) is 2.91. The number of benzene rings is 1. The van der Waals surface area contributed by atoms with Gasteiger partial charge in [0.25, 0.3) is 0 Å². The van der Waals surface area contributed by atoms with E-state index in [1.807, 2.05) is 6.92 Å². The van der Waals surface area contributed by atoms with Crippen molar-refractivity contribution in [3.05, 3.63) is 18.2 Å². The number of ether oxygens (including phenoxy) is 2. The van der Waals surface area contributed by atoms with Crippen LogP contribution >= 0.6 is 0 Å². The molecule has 1 aromatic rings. The fraction of sp³-hybridized carbons (Fsp3) is 0.429. The predicted octanol–water partition coefficient (Wildman–Crippen LogP) is 2.08. The SMILES string of the molecule is CCC(CC(=O)O)NC(=O)Nc1ccc(OC)cc1OC. The zero-order valence-corrected chi connectivity index (χ0v) is 12.3. The highest BCUT2D eigenvalue weighted by Crippen LogP contribution is 2.28. The number of carboxylic acid groups (broad SMARTS) is 1. The molecule has 0 aliphatic rings. The van der Waals surface area contributed by atoms with E-state index < -0.39 is 18.0 Å². The number of amides is 2. The first-order valence-electron chi connectivity index (χ1n) is 6.51. The molecule has 1 aromatic carbocycles. The van der Waals surface area contributed by atoms with E-state index in [0.717, 1.165) is 0 Å². The largest absolute Gasteiger partial charge is 0.497 e. The van der Waals surface area contributed by atoms with Gasteiger partial charge in [0.05, 0.1) is 26.3 Å². The monoisotopic (exact) mass is 296 g/mol. The smallest absolute Gasteiger partial charge is 0.319 e. The van der Waals surface area contributed by atoms with Crippen molar-refractivity contribution in [1.29, 1.82) is 0 Å². The van der Waals surface area contributed by atoms with Crippen LogP contribution in [0, 0.1) is 0 Å². The van der Waals surface area contributed by atoms with Crippen molar-refractivity contribution in [1.82, 2.24) is 5.32 Å². The number of hydrogen-bond donors (Lipinski definition) is 3. The minimum absolute atomic E-state index is 0.121. The summed E-state index contributed by atoms with van der Waals surface area (Å²) in [5.74, 6) is 0.107. The van der Waals surface area contributed by atoms with Gasteiger partial charge in [0.15, 0.2) is 0 Å². The van der Waals surface area contributed by atoms with Crippen LogP contribution in [-0.4, -0.2) is 37.4 Å². The van der Waals surface area contributed by atoms with Crippen LogP contribution in [0.2, 0.25) is 0 Å². The number of rotatable bonds is 7. The standard InChI is InChI=1S/C14H20N2O5/c1-4-9(7-13(17)18)15-14(19)16-11-6-5-10(20-2)8-12(11)21-3/h5-6,8-9H,4,7H2,1-3H3,(H,17,18)(H2,15,16,19). The van der Waals surface area contributed by atoms with Gasteiger partial charge in [-0.1, -0.05) is 6.92 Å². The van der Waals surface area contributed by atoms with Crippen LogP contribution in [0.1, 0.15) is 19.8 Å². The van der Waals surface area contributed by atoms with E-state index in [1.165, 1.54) is 14.2 Å². The molecule has 0 heterocycles. The van der Waals surface area contributed by atoms with Crippen molar-refractivity contribution in [2.75, 3.05) is 19.5 Å². The Kier molecular flexibility index (Phi) is 6.32. The molecule has 21 heavy (non-hydrogen) atoms. The fourth-order valence-electron chi connectivity index (χ4n) is 1.75. The van der Waals surface area contributed by atoms with Gasteiger partial charge in [-0.15, -0.1) is 0 Å². The molecule has 0 bridgehead atoms. The molecule has 0 saturated heterocycles. The maximum Gasteiger partial charge on any atom is 0.319 e. The third-order valence-corrected chi connectivity index (χ3v) is 2.91. The van der Waals surface area contributed by atoms with Crippen LogP contribution < -0.4 is 20.1 Å². The average Bonchev–Trinajstić information content (AvgIpc) is 2.46. The Labute approximate surface area is 123 Å². The molecule has 7 nitrogen and oxygen atoms in total. The Morgan fingerprint density at radius 1 is 1.29 bits per heavy atom. The molecule has 116 valence electrons. The molecule has 2 amide bonds. The maximum absolute atomic E-state index is 11.9. The van der Waals surface area contributed by atoms with Crippen molar-refractivity contribution >= 4 is 17.7 Å². The number of aliphatic carboxylic acids is 1. The quantitative estimate of drug-likeness (QED) is 0.715. The summed E-state index contributed by atoms with van der Waals surface area (Å²) >= 11 is 0. The number of nitrogens with one attached hydrogen (secondary N) is 2. The normalized spacial score (nSPS) is 11.4. The van der Waals surface area contributed by atoms with Gasteiger partial charge < -0.3 is 25.2 Å². The summed E-state index contributed by atoms with van der Waals surface area (Å²) < 4.78 is 10.2. The summed E-state index contributed by atoms with van der Waals surface area (Å²) in [7, 11) is 3.02. The minimum Gasteiger partial charge on any atom is -0.497 e. The Bertz CT molecular complexity index is 504. The summed E-state index contributed by atoms with van der Waals surface area (Å²) in [5.41, 5.74) is 0.473. The van der Waals surface area contributed by atoms with Gasteiger partial charge in [0, 0.05) is 12.1 Å². The van der Waals surface area contributed by atoms with Gasteiger partial charge in [-0.25, -0.2) is 4.79 Å². The number of urea groups is 1. The first kappa shape index (κ1) is 16.6. The molecule has 3 N–H and O–H groups in total. The maximum atomic E-state index is 11.9. The molecule has 0 fully saturated rings. The van der Waals surface area contributed by atoms with Crippen LogP contribution in [-0.2, 0) is 4.79 Å². The molecule has 1 unspecified atom stereocenters. The second-order valence-electron chi connectivity index (χ2n) is 4.37. The molecule has 0 saturated carbocycles. The molecular weight excluding hydrogens is 276 g/mol. The number of methoxy groups -OCH3 is 2. The lowest BCUT2D eigenvalue weighted by atomic mass is 10.1. The van der Waals surface area contributed by atoms with E-state index in [1.54, 1.807) is 18.2 Å². The summed E-state index contributed by atoms with van der Waals surface area (Å²) in [4.78, 5) is 22.6. The van der Waals surface area contributed by atoms with Crippen molar-refractivity contribution in [2.24, 2.45) is 0 Å². The predicted molar refractivity (Wildman–Crippen MR) is 78.0 cm³/mol. The van der Waals surface area contributed by atoms with Crippen LogP contribution in [0.5, 0.6) is 11.5 Å². The van der Waals surface area contributed by atoms with Crippen LogP contribution in [0.3, 0.4) is 0 Å². The average molecular weight is 296 g/mol. The summed E-state index contributed by atoms with van der Waals surface area (Å²) in [6, 6.07) is 4.07. The lowest BCUT2D eigenvalue weighted by molar-refractivity contribution is -0.137. The Morgan fingerprint density at radius 3 is 2.52 bits per heavy atom. The van der Waals surface area contributed by atoms with E-state index in [2.05, 4.69) is 10.6 Å². The lowest BCUT2D eigenvalue weighted by Crippen LogP contribution is -2.38. The van der Waals surface area contributed by atoms with E-state index in [9.17, 15) is 9.59 Å². The van der Waals surface area contributed by atoms with Crippen LogP contribution in [0.25, 0.3) is 0 Å². The second-order valence-corrected chi connectivity index (χ2v) is 4.37. The highest BCUT2D eigenvalue weighted by atomic mass is 16.5. The molecule has 7 heteroatoms. The summed E-state index contributed by atoms with van der Waals surface area (Å²) in [6.45, 7) is 1.81. The van der Waals surface area contributed by atoms with Gasteiger partial charge in [0.1, 0.15) is 11.5 Å². The topological polar surface area (TPSA) is 96.9 Å². The van der Waals surface area contributed by atoms with Crippen molar-refractivity contribution < 1.29 is 24.2 Å². The number of anilines is 1. The van der Waals surface area contributed by atoms with Gasteiger partial charge in [-0.3, -0.25) is 4.79 Å². The highest BCUT2D eigenvalue weighted by Gasteiger charge is 2.15. The van der Waals surface area contributed by atoms with E-state index >= 15 is 0 Å². The van der Waals surface area contributed by atoms with Gasteiger partial charge in [0.2, 0.25) is 0 Å². The molecule has 1 rings (SSSR count). The second kappa shape index (κ2) is 7.98. The molecule has 0 aliphatic heterocycles. The van der Waals surface area contributed by atoms with Crippen LogP contribution in [0.4, 0.5) is 10.5 Å². The third kappa shape index (κ3) is 5.21. The molecule has 0 aliphatic carbocycles. The number of carbonyl (C=O) groups excluding carboxylic acids is 1. The minimum atomic E-state index is -0.954. The number of hydrogen-bond acceptors (Lipinski definition) is 4. The summed E-state index contributed by atoms with van der Waals surface area (Å²) in [6.07, 6.45) is 0.406.